The summed E-state index contributed by atoms with van der Waals surface area (Å²) in [6.07, 6.45) is 7.55. The van der Waals surface area contributed by atoms with Crippen LogP contribution in [0.3, 0.4) is 0 Å². The van der Waals surface area contributed by atoms with Gasteiger partial charge in [0.05, 0.1) is 5.92 Å². The smallest absolute Gasteiger partial charge is 0.309 e. The molecule has 0 radical (unpaired) electrons. The van der Waals surface area contributed by atoms with Gasteiger partial charge in [-0.25, -0.2) is 0 Å². The molecule has 14 heavy (non-hydrogen) atoms. The predicted molar refractivity (Wildman–Crippen MR) is 57.7 cm³/mol. The minimum atomic E-state index is -0.391. The van der Waals surface area contributed by atoms with E-state index in [-0.39, 0.29) is 11.9 Å². The highest BCUT2D eigenvalue weighted by Gasteiger charge is 2.20. The summed E-state index contributed by atoms with van der Waals surface area (Å²) in [5.74, 6) is 2.37. The van der Waals surface area contributed by atoms with Gasteiger partial charge in [0, 0.05) is 6.42 Å². The van der Waals surface area contributed by atoms with Crippen LogP contribution in [0.4, 0.5) is 0 Å². The van der Waals surface area contributed by atoms with Crippen LogP contribution in [-0.4, -0.2) is 11.6 Å². The first-order valence-corrected chi connectivity index (χ1v) is 5.03. The number of rotatable bonds is 4. The van der Waals surface area contributed by atoms with Crippen LogP contribution in [0.5, 0.6) is 0 Å². The van der Waals surface area contributed by atoms with Crippen molar-refractivity contribution in [2.24, 2.45) is 5.92 Å². The largest absolute Gasteiger partial charge is 0.460 e. The van der Waals surface area contributed by atoms with Gasteiger partial charge in [-0.15, -0.1) is 12.3 Å². The Balaban J connectivity index is 3.84. The summed E-state index contributed by atoms with van der Waals surface area (Å²) < 4.78 is 5.24. The van der Waals surface area contributed by atoms with E-state index in [2.05, 4.69) is 5.92 Å². The van der Waals surface area contributed by atoms with E-state index in [9.17, 15) is 4.79 Å². The van der Waals surface area contributed by atoms with E-state index in [4.69, 9.17) is 11.2 Å². The molecule has 1 unspecified atom stereocenters. The highest BCUT2D eigenvalue weighted by molar-refractivity contribution is 5.72. The van der Waals surface area contributed by atoms with E-state index in [0.29, 0.717) is 0 Å². The first-order chi connectivity index (χ1) is 6.37. The van der Waals surface area contributed by atoms with Crippen molar-refractivity contribution in [2.45, 2.75) is 52.6 Å². The van der Waals surface area contributed by atoms with Crippen molar-refractivity contribution in [1.82, 2.24) is 0 Å². The normalized spacial score (nSPS) is 13.1. The van der Waals surface area contributed by atoms with Gasteiger partial charge in [0.1, 0.15) is 5.60 Å². The van der Waals surface area contributed by atoms with Crippen LogP contribution in [0.2, 0.25) is 0 Å². The molecule has 2 heteroatoms. The van der Waals surface area contributed by atoms with Crippen molar-refractivity contribution in [3.8, 4) is 12.3 Å². The molecule has 0 N–H and O–H groups in total. The Labute approximate surface area is 87.0 Å². The number of unbranched alkanes of at least 4 members (excludes halogenated alkanes) is 1. The van der Waals surface area contributed by atoms with Gasteiger partial charge >= 0.3 is 5.97 Å². The number of hydrogen-bond donors (Lipinski definition) is 0. The molecule has 0 spiro atoms. The second kappa shape index (κ2) is 5.70. The van der Waals surface area contributed by atoms with Gasteiger partial charge in [-0.1, -0.05) is 6.92 Å². The highest BCUT2D eigenvalue weighted by atomic mass is 16.6. The van der Waals surface area contributed by atoms with Crippen LogP contribution in [0.15, 0.2) is 0 Å². The SMILES string of the molecule is C#CCCCC(C)C(=O)OC(C)(C)C. The van der Waals surface area contributed by atoms with Crippen molar-refractivity contribution >= 4 is 5.97 Å². The first-order valence-electron chi connectivity index (χ1n) is 5.03. The number of carbonyl (C=O) groups is 1. The minimum Gasteiger partial charge on any atom is -0.460 e. The topological polar surface area (TPSA) is 26.3 Å². The maximum absolute atomic E-state index is 11.5. The molecule has 80 valence electrons. The molecule has 0 fully saturated rings. The number of ether oxygens (including phenoxy) is 1. The summed E-state index contributed by atoms with van der Waals surface area (Å²) in [4.78, 5) is 11.5. The van der Waals surface area contributed by atoms with Gasteiger partial charge in [0.25, 0.3) is 0 Å². The fourth-order valence-corrected chi connectivity index (χ4v) is 1.03. The molecular formula is C12H20O2. The lowest BCUT2D eigenvalue weighted by Gasteiger charge is -2.22. The molecule has 0 aromatic rings. The van der Waals surface area contributed by atoms with Crippen LogP contribution in [0.1, 0.15) is 47.0 Å². The van der Waals surface area contributed by atoms with Gasteiger partial charge in [-0.2, -0.15) is 0 Å². The molecular weight excluding hydrogens is 176 g/mol. The van der Waals surface area contributed by atoms with Gasteiger partial charge in [-0.05, 0) is 33.6 Å². The molecule has 0 amide bonds. The van der Waals surface area contributed by atoms with Crippen LogP contribution in [0.25, 0.3) is 0 Å². The number of hydrogen-bond acceptors (Lipinski definition) is 2. The van der Waals surface area contributed by atoms with Crippen molar-refractivity contribution in [3.63, 3.8) is 0 Å². The Hall–Kier alpha value is -0.970. The Bertz CT molecular complexity index is 217. The molecule has 2 nitrogen and oxygen atoms in total. The molecule has 0 saturated heterocycles. The van der Waals surface area contributed by atoms with Crippen molar-refractivity contribution < 1.29 is 9.53 Å². The van der Waals surface area contributed by atoms with Gasteiger partial charge in [0.2, 0.25) is 0 Å². The van der Waals surface area contributed by atoms with Crippen molar-refractivity contribution in [3.05, 3.63) is 0 Å². The average molecular weight is 196 g/mol. The molecule has 0 heterocycles. The summed E-state index contributed by atoms with van der Waals surface area (Å²) in [5.41, 5.74) is -0.391. The Morgan fingerprint density at radius 3 is 2.50 bits per heavy atom. The van der Waals surface area contributed by atoms with E-state index in [1.807, 2.05) is 27.7 Å². The highest BCUT2D eigenvalue weighted by Crippen LogP contribution is 2.15. The number of esters is 1. The Kier molecular flexibility index (Phi) is 5.30. The average Bonchev–Trinajstić information content (AvgIpc) is 2.01. The van der Waals surface area contributed by atoms with E-state index >= 15 is 0 Å². The zero-order chi connectivity index (χ0) is 11.2. The van der Waals surface area contributed by atoms with Gasteiger partial charge in [0.15, 0.2) is 0 Å². The van der Waals surface area contributed by atoms with E-state index in [0.717, 1.165) is 19.3 Å². The fourth-order valence-electron chi connectivity index (χ4n) is 1.03. The number of carbonyl (C=O) groups excluding carboxylic acids is 1. The lowest BCUT2D eigenvalue weighted by atomic mass is 10.0. The zero-order valence-electron chi connectivity index (χ0n) is 9.59. The zero-order valence-corrected chi connectivity index (χ0v) is 9.59. The summed E-state index contributed by atoms with van der Waals surface area (Å²) in [6, 6.07) is 0. The third-order valence-electron chi connectivity index (χ3n) is 1.77. The van der Waals surface area contributed by atoms with E-state index < -0.39 is 5.60 Å². The minimum absolute atomic E-state index is 0.0532. The van der Waals surface area contributed by atoms with Crippen LogP contribution in [-0.2, 0) is 9.53 Å². The lowest BCUT2D eigenvalue weighted by molar-refractivity contribution is -0.159. The third kappa shape index (κ3) is 6.54. The quantitative estimate of drug-likeness (QED) is 0.392. The predicted octanol–water partition coefficient (Wildman–Crippen LogP) is 2.77. The Morgan fingerprint density at radius 1 is 1.50 bits per heavy atom. The maximum atomic E-state index is 11.5. The molecule has 0 saturated carbocycles. The van der Waals surface area contributed by atoms with E-state index in [1.54, 1.807) is 0 Å². The third-order valence-corrected chi connectivity index (χ3v) is 1.77. The molecule has 0 aliphatic rings. The summed E-state index contributed by atoms with van der Waals surface area (Å²) in [6.45, 7) is 7.50. The van der Waals surface area contributed by atoms with Crippen molar-refractivity contribution in [1.29, 1.82) is 0 Å². The van der Waals surface area contributed by atoms with E-state index in [1.165, 1.54) is 0 Å². The molecule has 0 aliphatic carbocycles. The monoisotopic (exact) mass is 196 g/mol. The standard InChI is InChI=1S/C12H20O2/c1-6-7-8-9-10(2)11(13)14-12(3,4)5/h1,10H,7-9H2,2-5H3. The molecule has 1 atom stereocenters. The molecule has 0 aliphatic heterocycles. The second-order valence-corrected chi connectivity index (χ2v) is 4.53. The summed E-state index contributed by atoms with van der Waals surface area (Å²) in [7, 11) is 0. The summed E-state index contributed by atoms with van der Waals surface area (Å²) >= 11 is 0. The van der Waals surface area contributed by atoms with Crippen LogP contribution < -0.4 is 0 Å². The first kappa shape index (κ1) is 13.0. The summed E-state index contributed by atoms with van der Waals surface area (Å²) in [5, 5.41) is 0. The molecule has 0 aromatic heterocycles. The van der Waals surface area contributed by atoms with Crippen LogP contribution >= 0.6 is 0 Å². The number of terminal acetylenes is 1. The van der Waals surface area contributed by atoms with Gasteiger partial charge in [-0.3, -0.25) is 4.79 Å². The van der Waals surface area contributed by atoms with Gasteiger partial charge < -0.3 is 4.74 Å². The fraction of sp³-hybridized carbons (Fsp3) is 0.750. The lowest BCUT2D eigenvalue weighted by Crippen LogP contribution is -2.27. The molecule has 0 rings (SSSR count). The van der Waals surface area contributed by atoms with Crippen molar-refractivity contribution in [2.75, 3.05) is 0 Å². The Morgan fingerprint density at radius 2 is 2.07 bits per heavy atom. The second-order valence-electron chi connectivity index (χ2n) is 4.53. The molecule has 0 aromatic carbocycles. The molecule has 0 bridgehead atoms. The maximum Gasteiger partial charge on any atom is 0.309 e. The van der Waals surface area contributed by atoms with Crippen LogP contribution in [0, 0.1) is 18.3 Å².